The zero-order chi connectivity index (χ0) is 11.0. The maximum Gasteiger partial charge on any atom is 0.347 e. The molecule has 0 bridgehead atoms. The number of H-pyrrole nitrogens is 1. The number of aromatic nitrogens is 4. The van der Waals surface area contributed by atoms with Crippen molar-refractivity contribution in [2.45, 2.75) is 20.4 Å². The largest absolute Gasteiger partial charge is 0.347 e. The Morgan fingerprint density at radius 1 is 1.40 bits per heavy atom. The molecule has 0 saturated carbocycles. The Hall–Kier alpha value is -1.85. The summed E-state index contributed by atoms with van der Waals surface area (Å²) in [5.74, 6) is 0.371. The van der Waals surface area contributed by atoms with Crippen LogP contribution in [0.4, 0.5) is 0 Å². The van der Waals surface area contributed by atoms with Gasteiger partial charge in [-0.1, -0.05) is 13.8 Å². The number of hydrogen-bond acceptors (Lipinski definition) is 3. The van der Waals surface area contributed by atoms with Crippen molar-refractivity contribution in [1.29, 1.82) is 0 Å². The second-order valence-electron chi connectivity index (χ2n) is 3.87. The van der Waals surface area contributed by atoms with Gasteiger partial charge >= 0.3 is 5.69 Å². The fourth-order valence-electron chi connectivity index (χ4n) is 1.47. The molecule has 15 heavy (non-hydrogen) atoms. The van der Waals surface area contributed by atoms with Gasteiger partial charge in [-0.3, -0.25) is 4.79 Å². The van der Waals surface area contributed by atoms with Crippen LogP contribution in [0.5, 0.6) is 0 Å². The van der Waals surface area contributed by atoms with Gasteiger partial charge in [-0.25, -0.2) is 14.3 Å². The lowest BCUT2D eigenvalue weighted by molar-refractivity contribution is 0.510. The Labute approximate surface area is 85.2 Å². The quantitative estimate of drug-likeness (QED) is 0.745. The van der Waals surface area contributed by atoms with E-state index in [2.05, 4.69) is 10.2 Å². The number of rotatable bonds is 2. The molecule has 80 valence electrons. The van der Waals surface area contributed by atoms with Crippen molar-refractivity contribution in [3.8, 4) is 0 Å². The molecule has 1 N–H and O–H groups in total. The van der Waals surface area contributed by atoms with Crippen molar-refractivity contribution in [2.75, 3.05) is 0 Å². The summed E-state index contributed by atoms with van der Waals surface area (Å²) in [4.78, 5) is 23.0. The Balaban J connectivity index is 2.66. The molecule has 0 unspecified atom stereocenters. The van der Waals surface area contributed by atoms with Crippen molar-refractivity contribution in [2.24, 2.45) is 5.92 Å². The van der Waals surface area contributed by atoms with E-state index in [9.17, 15) is 9.59 Å². The summed E-state index contributed by atoms with van der Waals surface area (Å²) in [6, 6.07) is 0. The smallest absolute Gasteiger partial charge is 0.311 e. The first kappa shape index (κ1) is 9.70. The molecule has 0 fully saturated rings. The van der Waals surface area contributed by atoms with Gasteiger partial charge in [0.05, 0.1) is 0 Å². The molecule has 6 nitrogen and oxygen atoms in total. The van der Waals surface area contributed by atoms with Gasteiger partial charge < -0.3 is 4.57 Å². The van der Waals surface area contributed by atoms with Crippen LogP contribution in [-0.2, 0) is 6.54 Å². The summed E-state index contributed by atoms with van der Waals surface area (Å²) >= 11 is 0. The van der Waals surface area contributed by atoms with Gasteiger partial charge in [-0.2, -0.15) is 0 Å². The molecule has 6 heteroatoms. The molecule has 2 heterocycles. The molecular weight excluding hydrogens is 196 g/mol. The molecule has 0 aliphatic carbocycles. The second kappa shape index (κ2) is 3.38. The zero-order valence-electron chi connectivity index (χ0n) is 8.60. The fourth-order valence-corrected chi connectivity index (χ4v) is 1.47. The van der Waals surface area contributed by atoms with E-state index < -0.39 is 5.69 Å². The number of hydrogen-bond donors (Lipinski definition) is 1. The molecule has 2 aromatic heterocycles. The van der Waals surface area contributed by atoms with E-state index in [1.807, 2.05) is 13.8 Å². The molecule has 0 radical (unpaired) electrons. The SMILES string of the molecule is CC(C)Cn1ccn2c(=O)[nH]nc2c1=O. The number of nitrogens with one attached hydrogen (secondary N) is 1. The van der Waals surface area contributed by atoms with Crippen LogP contribution in [0.2, 0.25) is 0 Å². The summed E-state index contributed by atoms with van der Waals surface area (Å²) < 4.78 is 2.76. The van der Waals surface area contributed by atoms with Crippen molar-refractivity contribution >= 4 is 5.65 Å². The highest BCUT2D eigenvalue weighted by Gasteiger charge is 2.07. The van der Waals surface area contributed by atoms with E-state index in [0.29, 0.717) is 12.5 Å². The van der Waals surface area contributed by atoms with Crippen LogP contribution >= 0.6 is 0 Å². The number of nitrogens with zero attached hydrogens (tertiary/aromatic N) is 3. The molecular formula is C9H12N4O2. The summed E-state index contributed by atoms with van der Waals surface area (Å²) in [7, 11) is 0. The Bertz CT molecular complexity index is 590. The molecule has 0 aromatic carbocycles. The average molecular weight is 208 g/mol. The van der Waals surface area contributed by atoms with Gasteiger partial charge in [-0.15, -0.1) is 5.10 Å². The minimum Gasteiger partial charge on any atom is -0.311 e. The summed E-state index contributed by atoms with van der Waals surface area (Å²) in [5, 5.41) is 5.92. The van der Waals surface area contributed by atoms with E-state index >= 15 is 0 Å². The maximum absolute atomic E-state index is 11.8. The lowest BCUT2D eigenvalue weighted by atomic mass is 10.2. The summed E-state index contributed by atoms with van der Waals surface area (Å²) in [5.41, 5.74) is -0.494. The molecule has 0 aliphatic heterocycles. The minimum atomic E-state index is -0.390. The fraction of sp³-hybridized carbons (Fsp3) is 0.444. The standard InChI is InChI=1S/C9H12N4O2/c1-6(2)5-12-3-4-13-7(8(12)14)10-11-9(13)15/h3-4,6H,5H2,1-2H3,(H,11,15). The van der Waals surface area contributed by atoms with Crippen LogP contribution in [0.1, 0.15) is 13.8 Å². The van der Waals surface area contributed by atoms with E-state index in [0.717, 1.165) is 0 Å². The third-order valence-electron chi connectivity index (χ3n) is 2.11. The van der Waals surface area contributed by atoms with Crippen LogP contribution in [0.15, 0.2) is 22.0 Å². The van der Waals surface area contributed by atoms with Crippen LogP contribution in [0.3, 0.4) is 0 Å². The van der Waals surface area contributed by atoms with Crippen LogP contribution < -0.4 is 11.2 Å². The van der Waals surface area contributed by atoms with Gasteiger partial charge in [0.25, 0.3) is 5.56 Å². The number of fused-ring (bicyclic) bond motifs is 1. The van der Waals surface area contributed by atoms with Gasteiger partial charge in [0.15, 0.2) is 0 Å². The first-order valence-corrected chi connectivity index (χ1v) is 4.76. The highest BCUT2D eigenvalue weighted by atomic mass is 16.2. The molecule has 2 aromatic rings. The number of aromatic amines is 1. The summed E-state index contributed by atoms with van der Waals surface area (Å²) in [6.07, 6.45) is 3.15. The van der Waals surface area contributed by atoms with Gasteiger partial charge in [-0.05, 0) is 5.92 Å². The molecule has 0 saturated heterocycles. The monoisotopic (exact) mass is 208 g/mol. The van der Waals surface area contributed by atoms with E-state index in [1.54, 1.807) is 17.0 Å². The first-order chi connectivity index (χ1) is 7.09. The van der Waals surface area contributed by atoms with E-state index in [-0.39, 0.29) is 11.2 Å². The first-order valence-electron chi connectivity index (χ1n) is 4.76. The third-order valence-corrected chi connectivity index (χ3v) is 2.11. The van der Waals surface area contributed by atoms with Crippen molar-refractivity contribution in [1.82, 2.24) is 19.2 Å². The second-order valence-corrected chi connectivity index (χ2v) is 3.87. The molecule has 0 spiro atoms. The molecule has 0 amide bonds. The van der Waals surface area contributed by atoms with E-state index in [4.69, 9.17) is 0 Å². The average Bonchev–Trinajstić information content (AvgIpc) is 2.53. The predicted molar refractivity (Wildman–Crippen MR) is 54.9 cm³/mol. The Kier molecular flexibility index (Phi) is 2.18. The normalized spacial score (nSPS) is 11.4. The Morgan fingerprint density at radius 2 is 2.13 bits per heavy atom. The Morgan fingerprint density at radius 3 is 2.80 bits per heavy atom. The molecule has 0 aliphatic rings. The predicted octanol–water partition coefficient (Wildman–Crippen LogP) is -0.160. The van der Waals surface area contributed by atoms with Crippen molar-refractivity contribution in [3.05, 3.63) is 33.2 Å². The lowest BCUT2D eigenvalue weighted by Gasteiger charge is -2.07. The zero-order valence-corrected chi connectivity index (χ0v) is 8.60. The van der Waals surface area contributed by atoms with Gasteiger partial charge in [0.2, 0.25) is 5.65 Å². The minimum absolute atomic E-state index is 0.142. The topological polar surface area (TPSA) is 72.2 Å². The van der Waals surface area contributed by atoms with Crippen LogP contribution in [-0.4, -0.2) is 19.2 Å². The van der Waals surface area contributed by atoms with Crippen LogP contribution in [0.25, 0.3) is 5.65 Å². The highest BCUT2D eigenvalue weighted by molar-refractivity contribution is 5.32. The molecule has 0 atom stereocenters. The highest BCUT2D eigenvalue weighted by Crippen LogP contribution is 1.96. The lowest BCUT2D eigenvalue weighted by Crippen LogP contribution is -2.25. The van der Waals surface area contributed by atoms with Crippen LogP contribution in [0, 0.1) is 5.92 Å². The van der Waals surface area contributed by atoms with Crippen molar-refractivity contribution < 1.29 is 0 Å². The van der Waals surface area contributed by atoms with Crippen molar-refractivity contribution in [3.63, 3.8) is 0 Å². The van der Waals surface area contributed by atoms with Gasteiger partial charge in [0, 0.05) is 18.9 Å². The third kappa shape index (κ3) is 1.58. The maximum atomic E-state index is 11.8. The van der Waals surface area contributed by atoms with E-state index in [1.165, 1.54) is 4.40 Å². The van der Waals surface area contributed by atoms with Gasteiger partial charge in [0.1, 0.15) is 0 Å². The molecule has 2 rings (SSSR count). The summed E-state index contributed by atoms with van der Waals surface area (Å²) in [6.45, 7) is 4.66.